The Morgan fingerprint density at radius 1 is 1.22 bits per heavy atom. The molecular weight excluding hydrogens is 360 g/mol. The normalized spacial score (nSPS) is 21.7. The average molecular weight is 381 g/mol. The highest BCUT2D eigenvalue weighted by atomic mass is 79.9. The van der Waals surface area contributed by atoms with E-state index in [1.54, 1.807) is 5.01 Å². The molecule has 6 heteroatoms. The van der Waals surface area contributed by atoms with Crippen LogP contribution in [0.5, 0.6) is 0 Å². The first kappa shape index (κ1) is 16.3. The number of carbonyl (C=O) groups excluding carboxylic acids is 2. The predicted octanol–water partition coefficient (Wildman–Crippen LogP) is 4.04. The second-order valence-electron chi connectivity index (χ2n) is 7.05. The van der Waals surface area contributed by atoms with Crippen molar-refractivity contribution in [2.75, 3.05) is 0 Å². The number of ether oxygens (including phenoxy) is 1. The minimum atomic E-state index is -0.592. The first-order chi connectivity index (χ1) is 10.8. The molecule has 2 fully saturated rings. The van der Waals surface area contributed by atoms with Crippen molar-refractivity contribution in [1.82, 2.24) is 10.0 Å². The smallest absolute Gasteiger partial charge is 0.430 e. The Morgan fingerprint density at radius 3 is 2.30 bits per heavy atom. The van der Waals surface area contributed by atoms with Crippen LogP contribution in [0.3, 0.4) is 0 Å². The molecule has 2 amide bonds. The van der Waals surface area contributed by atoms with Gasteiger partial charge in [0.2, 0.25) is 0 Å². The topological polar surface area (TPSA) is 49.9 Å². The Morgan fingerprint density at radius 2 is 1.83 bits per heavy atom. The van der Waals surface area contributed by atoms with Crippen molar-refractivity contribution in [3.63, 3.8) is 0 Å². The summed E-state index contributed by atoms with van der Waals surface area (Å²) in [6, 6.07) is 7.02. The van der Waals surface area contributed by atoms with E-state index in [4.69, 9.17) is 4.74 Å². The zero-order valence-electron chi connectivity index (χ0n) is 13.6. The van der Waals surface area contributed by atoms with E-state index < -0.39 is 17.7 Å². The van der Waals surface area contributed by atoms with E-state index in [2.05, 4.69) is 15.9 Å². The van der Waals surface area contributed by atoms with Crippen LogP contribution in [0.4, 0.5) is 4.79 Å². The van der Waals surface area contributed by atoms with Crippen molar-refractivity contribution in [3.8, 4) is 0 Å². The lowest BCUT2D eigenvalue weighted by Gasteiger charge is -2.54. The predicted molar refractivity (Wildman–Crippen MR) is 89.4 cm³/mol. The van der Waals surface area contributed by atoms with Crippen LogP contribution in [0.2, 0.25) is 0 Å². The molecule has 1 aliphatic carbocycles. The van der Waals surface area contributed by atoms with E-state index in [1.807, 2.05) is 45.0 Å². The van der Waals surface area contributed by atoms with Crippen molar-refractivity contribution < 1.29 is 14.3 Å². The maximum Gasteiger partial charge on any atom is 0.430 e. The third kappa shape index (κ3) is 3.09. The molecule has 2 aliphatic rings. The summed E-state index contributed by atoms with van der Waals surface area (Å²) in [6.07, 6.45) is 2.52. The van der Waals surface area contributed by atoms with Gasteiger partial charge < -0.3 is 4.74 Å². The van der Waals surface area contributed by atoms with Gasteiger partial charge in [0.25, 0.3) is 5.91 Å². The molecule has 1 atom stereocenters. The summed E-state index contributed by atoms with van der Waals surface area (Å²) in [5.41, 5.74) is 0.213. The molecular formula is C17H21BrN2O3. The van der Waals surface area contributed by atoms with Crippen molar-refractivity contribution in [3.05, 3.63) is 34.3 Å². The molecule has 0 N–H and O–H groups in total. The lowest BCUT2D eigenvalue weighted by atomic mass is 9.89. The monoisotopic (exact) mass is 380 g/mol. The molecule has 0 bridgehead atoms. The van der Waals surface area contributed by atoms with Crippen molar-refractivity contribution in [1.29, 1.82) is 0 Å². The van der Waals surface area contributed by atoms with Gasteiger partial charge in [0, 0.05) is 4.47 Å². The maximum atomic E-state index is 12.6. The van der Waals surface area contributed by atoms with Gasteiger partial charge in [-0.05, 0) is 57.7 Å². The van der Waals surface area contributed by atoms with Gasteiger partial charge in [0.1, 0.15) is 5.60 Å². The summed E-state index contributed by atoms with van der Waals surface area (Å²) >= 11 is 3.39. The van der Waals surface area contributed by atoms with E-state index in [0.717, 1.165) is 29.3 Å². The molecule has 124 valence electrons. The molecule has 3 rings (SSSR count). The lowest BCUT2D eigenvalue weighted by Crippen LogP contribution is -2.70. The Hall–Kier alpha value is -1.56. The Kier molecular flexibility index (Phi) is 4.12. The van der Waals surface area contributed by atoms with Crippen molar-refractivity contribution in [2.24, 2.45) is 0 Å². The largest absolute Gasteiger partial charge is 0.442 e. The fourth-order valence-electron chi connectivity index (χ4n) is 2.82. The highest BCUT2D eigenvalue weighted by Crippen LogP contribution is 2.41. The summed E-state index contributed by atoms with van der Waals surface area (Å²) in [4.78, 5) is 25.2. The van der Waals surface area contributed by atoms with Gasteiger partial charge in [-0.2, -0.15) is 5.01 Å². The first-order valence-corrected chi connectivity index (χ1v) is 8.68. The zero-order chi connectivity index (χ0) is 16.8. The number of benzene rings is 1. The van der Waals surface area contributed by atoms with E-state index in [-0.39, 0.29) is 11.9 Å². The van der Waals surface area contributed by atoms with Crippen LogP contribution in [-0.2, 0) is 9.53 Å². The van der Waals surface area contributed by atoms with Gasteiger partial charge in [-0.1, -0.05) is 28.1 Å². The van der Waals surface area contributed by atoms with Crippen LogP contribution >= 0.6 is 15.9 Å². The van der Waals surface area contributed by atoms with E-state index in [0.29, 0.717) is 0 Å². The molecule has 5 nitrogen and oxygen atoms in total. The number of nitrogens with zero attached hydrogens (tertiary/aromatic N) is 2. The molecule has 1 aromatic carbocycles. The van der Waals surface area contributed by atoms with Gasteiger partial charge >= 0.3 is 6.09 Å². The molecule has 0 unspecified atom stereocenters. The van der Waals surface area contributed by atoms with E-state index in [9.17, 15) is 9.59 Å². The van der Waals surface area contributed by atoms with Crippen molar-refractivity contribution >= 4 is 27.9 Å². The molecule has 0 radical (unpaired) electrons. The molecule has 1 heterocycles. The number of halogens is 1. The Balaban J connectivity index is 1.86. The third-order valence-corrected chi connectivity index (χ3v) is 4.65. The summed E-state index contributed by atoms with van der Waals surface area (Å²) in [6.45, 7) is 5.48. The fourth-order valence-corrected chi connectivity index (χ4v) is 3.09. The number of rotatable bonds is 2. The maximum absolute atomic E-state index is 12.6. The van der Waals surface area contributed by atoms with Crippen LogP contribution in [0.15, 0.2) is 28.7 Å². The lowest BCUT2D eigenvalue weighted by molar-refractivity contribution is -0.204. The number of hydrogen-bond acceptors (Lipinski definition) is 3. The number of amides is 2. The van der Waals surface area contributed by atoms with E-state index >= 15 is 0 Å². The molecule has 1 aromatic rings. The highest BCUT2D eigenvalue weighted by Gasteiger charge is 2.54. The Bertz CT molecular complexity index is 620. The highest BCUT2D eigenvalue weighted by molar-refractivity contribution is 9.10. The second-order valence-corrected chi connectivity index (χ2v) is 7.96. The van der Waals surface area contributed by atoms with Gasteiger partial charge in [-0.25, -0.2) is 9.80 Å². The van der Waals surface area contributed by atoms with Crippen molar-refractivity contribution in [2.45, 2.75) is 57.7 Å². The summed E-state index contributed by atoms with van der Waals surface area (Å²) < 4.78 is 6.44. The van der Waals surface area contributed by atoms with Gasteiger partial charge in [-0.3, -0.25) is 4.79 Å². The Labute approximate surface area is 144 Å². The van der Waals surface area contributed by atoms with Crippen LogP contribution in [0.1, 0.15) is 51.6 Å². The molecule has 1 saturated carbocycles. The third-order valence-electron chi connectivity index (χ3n) is 4.12. The second kappa shape index (κ2) is 5.82. The first-order valence-electron chi connectivity index (χ1n) is 7.88. The summed E-state index contributed by atoms with van der Waals surface area (Å²) in [5.74, 6) is -0.0251. The summed E-state index contributed by atoms with van der Waals surface area (Å²) in [7, 11) is 0. The number of hydrazine groups is 1. The minimum Gasteiger partial charge on any atom is -0.442 e. The number of hydrogen-bond donors (Lipinski definition) is 0. The molecule has 1 saturated heterocycles. The molecule has 23 heavy (non-hydrogen) atoms. The standard InChI is InChI=1S/C17H21BrN2O3/c1-17(2,3)23-16(22)20-14(11-7-9-12(18)10-8-11)15(21)19(20)13-5-4-6-13/h7-10,13-14H,4-6H2,1-3H3/t14-/m1/s1. The van der Waals surface area contributed by atoms with Gasteiger partial charge in [0.05, 0.1) is 6.04 Å². The van der Waals surface area contributed by atoms with Crippen LogP contribution < -0.4 is 0 Å². The fraction of sp³-hybridized carbons (Fsp3) is 0.529. The van der Waals surface area contributed by atoms with E-state index in [1.165, 1.54) is 5.01 Å². The minimum absolute atomic E-state index is 0.0251. The van der Waals surface area contributed by atoms with Crippen LogP contribution in [0.25, 0.3) is 0 Å². The van der Waals surface area contributed by atoms with Gasteiger partial charge in [0.15, 0.2) is 6.04 Å². The summed E-state index contributed by atoms with van der Waals surface area (Å²) in [5, 5.41) is 3.07. The van der Waals surface area contributed by atoms with Gasteiger partial charge in [-0.15, -0.1) is 0 Å². The SMILES string of the molecule is CC(C)(C)OC(=O)N1[C@H](c2ccc(Br)cc2)C(=O)N1C1CCC1. The van der Waals surface area contributed by atoms with Crippen LogP contribution in [-0.4, -0.2) is 33.7 Å². The molecule has 1 aliphatic heterocycles. The quantitative estimate of drug-likeness (QED) is 0.777. The average Bonchev–Trinajstić information content (AvgIpc) is 2.39. The molecule has 0 spiro atoms. The number of carbonyl (C=O) groups is 2. The zero-order valence-corrected chi connectivity index (χ0v) is 15.2. The molecule has 0 aromatic heterocycles. The van der Waals surface area contributed by atoms with Crippen LogP contribution in [0, 0.1) is 0 Å².